The van der Waals surface area contributed by atoms with Crippen LogP contribution in [0.25, 0.3) is 0 Å². The molecule has 1 fully saturated rings. The van der Waals surface area contributed by atoms with Crippen LogP contribution in [0.15, 0.2) is 0 Å². The average molecular weight is 261 g/mol. The number of hydrogen-bond donors (Lipinski definition) is 1. The summed E-state index contributed by atoms with van der Waals surface area (Å²) in [5, 5.41) is 3.56. The number of rotatable bonds is 5. The minimum absolute atomic E-state index is 0.0293. The van der Waals surface area contributed by atoms with E-state index in [0.29, 0.717) is 0 Å². The van der Waals surface area contributed by atoms with Gasteiger partial charge in [-0.05, 0) is 51.6 Å². The summed E-state index contributed by atoms with van der Waals surface area (Å²) >= 11 is 0. The Hall–Kier alpha value is -0.960. The van der Waals surface area contributed by atoms with Gasteiger partial charge in [0.15, 0.2) is 0 Å². The average Bonchev–Trinajstić information content (AvgIpc) is 3.09. The predicted molar refractivity (Wildman–Crippen MR) is 79.6 cm³/mol. The van der Waals surface area contributed by atoms with Gasteiger partial charge in [-0.15, -0.1) is 0 Å². The summed E-state index contributed by atoms with van der Waals surface area (Å²) < 4.78 is 0. The van der Waals surface area contributed by atoms with Crippen LogP contribution in [0.5, 0.6) is 0 Å². The van der Waals surface area contributed by atoms with Crippen molar-refractivity contribution in [3.63, 3.8) is 0 Å². The summed E-state index contributed by atoms with van der Waals surface area (Å²) in [5.74, 6) is 0.961. The van der Waals surface area contributed by atoms with E-state index in [1.165, 1.54) is 24.8 Å². The molecule has 0 aromatic carbocycles. The lowest BCUT2D eigenvalue weighted by Gasteiger charge is -2.19. The van der Waals surface area contributed by atoms with Crippen LogP contribution in [0.3, 0.4) is 0 Å². The lowest BCUT2D eigenvalue weighted by atomic mass is 9.94. The molecule has 1 aliphatic rings. The molecular weight excluding hydrogens is 234 g/mol. The number of hydrogen-bond acceptors (Lipinski definition) is 3. The summed E-state index contributed by atoms with van der Waals surface area (Å²) in [5.41, 5.74) is 3.68. The van der Waals surface area contributed by atoms with E-state index in [9.17, 15) is 0 Å². The molecule has 106 valence electrons. The summed E-state index contributed by atoms with van der Waals surface area (Å²) in [6.07, 6.45) is 4.99. The summed E-state index contributed by atoms with van der Waals surface area (Å²) in [4.78, 5) is 9.40. The first-order chi connectivity index (χ1) is 8.88. The Kier molecular flexibility index (Phi) is 4.24. The molecule has 0 amide bonds. The highest BCUT2D eigenvalue weighted by molar-refractivity contribution is 5.26. The zero-order valence-electron chi connectivity index (χ0n) is 13.0. The Labute approximate surface area is 117 Å². The molecule has 1 aromatic heterocycles. The zero-order chi connectivity index (χ0) is 14.0. The van der Waals surface area contributed by atoms with Crippen LogP contribution in [0, 0.1) is 13.8 Å². The van der Waals surface area contributed by atoms with Gasteiger partial charge in [0.25, 0.3) is 0 Å². The minimum atomic E-state index is 0.0293. The Bertz CT molecular complexity index is 419. The molecule has 0 bridgehead atoms. The zero-order valence-corrected chi connectivity index (χ0v) is 13.0. The van der Waals surface area contributed by atoms with E-state index in [4.69, 9.17) is 9.97 Å². The molecule has 0 aliphatic heterocycles. The molecule has 3 nitrogen and oxygen atoms in total. The second-order valence-electron chi connectivity index (χ2n) is 6.78. The van der Waals surface area contributed by atoms with Crippen molar-refractivity contribution in [2.24, 2.45) is 0 Å². The van der Waals surface area contributed by atoms with Crippen LogP contribution in [0.4, 0.5) is 0 Å². The predicted octanol–water partition coefficient (Wildman–Crippen LogP) is 3.08. The fourth-order valence-corrected chi connectivity index (χ4v) is 2.30. The van der Waals surface area contributed by atoms with Crippen molar-refractivity contribution < 1.29 is 0 Å². The van der Waals surface area contributed by atoms with E-state index in [0.717, 1.165) is 36.2 Å². The number of nitrogens with one attached hydrogen (secondary N) is 1. The monoisotopic (exact) mass is 261 g/mol. The molecule has 2 rings (SSSR count). The molecule has 1 saturated carbocycles. The first-order valence-corrected chi connectivity index (χ1v) is 7.46. The molecule has 0 unspecified atom stereocenters. The highest BCUT2D eigenvalue weighted by Gasteiger charge is 2.21. The number of aryl methyl sites for hydroxylation is 2. The standard InChI is InChI=1S/C16H27N3/c1-11-14(7-6-10-17-13-8-9-13)12(2)19-15(18-11)16(3,4)5/h13,17H,6-10H2,1-5H3. The molecule has 19 heavy (non-hydrogen) atoms. The second-order valence-corrected chi connectivity index (χ2v) is 6.78. The smallest absolute Gasteiger partial charge is 0.134 e. The maximum absolute atomic E-state index is 4.70. The van der Waals surface area contributed by atoms with Gasteiger partial charge in [0.2, 0.25) is 0 Å². The molecule has 0 atom stereocenters. The van der Waals surface area contributed by atoms with Gasteiger partial charge < -0.3 is 5.32 Å². The number of nitrogens with zero attached hydrogens (tertiary/aromatic N) is 2. The fourth-order valence-electron chi connectivity index (χ4n) is 2.30. The van der Waals surface area contributed by atoms with Gasteiger partial charge in [0, 0.05) is 22.8 Å². The van der Waals surface area contributed by atoms with Gasteiger partial charge in [-0.25, -0.2) is 9.97 Å². The minimum Gasteiger partial charge on any atom is -0.314 e. The molecular formula is C16H27N3. The molecule has 0 saturated heterocycles. The Morgan fingerprint density at radius 1 is 1.11 bits per heavy atom. The van der Waals surface area contributed by atoms with E-state index in [-0.39, 0.29) is 5.41 Å². The van der Waals surface area contributed by atoms with Crippen LogP contribution >= 0.6 is 0 Å². The summed E-state index contributed by atoms with van der Waals surface area (Å²) in [6, 6.07) is 0.807. The van der Waals surface area contributed by atoms with Crippen molar-refractivity contribution in [1.82, 2.24) is 15.3 Å². The lowest BCUT2D eigenvalue weighted by molar-refractivity contribution is 0.537. The highest BCUT2D eigenvalue weighted by atomic mass is 14.9. The van der Waals surface area contributed by atoms with Gasteiger partial charge in [-0.2, -0.15) is 0 Å². The van der Waals surface area contributed by atoms with Gasteiger partial charge in [0.05, 0.1) is 0 Å². The van der Waals surface area contributed by atoms with E-state index < -0.39 is 0 Å². The normalized spacial score (nSPS) is 15.8. The van der Waals surface area contributed by atoms with Crippen molar-refractivity contribution in [3.8, 4) is 0 Å². The Morgan fingerprint density at radius 3 is 2.16 bits per heavy atom. The third-order valence-electron chi connectivity index (χ3n) is 3.71. The third-order valence-corrected chi connectivity index (χ3v) is 3.71. The van der Waals surface area contributed by atoms with Crippen LogP contribution < -0.4 is 5.32 Å². The molecule has 1 heterocycles. The maximum Gasteiger partial charge on any atom is 0.134 e. The quantitative estimate of drug-likeness (QED) is 0.828. The van der Waals surface area contributed by atoms with Crippen molar-refractivity contribution in [3.05, 3.63) is 22.8 Å². The molecule has 3 heteroatoms. The summed E-state index contributed by atoms with van der Waals surface area (Å²) in [7, 11) is 0. The first kappa shape index (κ1) is 14.4. The maximum atomic E-state index is 4.70. The van der Waals surface area contributed by atoms with Gasteiger partial charge in [-0.3, -0.25) is 0 Å². The van der Waals surface area contributed by atoms with Crippen molar-refractivity contribution in [2.75, 3.05) is 6.54 Å². The lowest BCUT2D eigenvalue weighted by Crippen LogP contribution is -2.20. The Balaban J connectivity index is 1.99. The van der Waals surface area contributed by atoms with E-state index in [2.05, 4.69) is 39.9 Å². The SMILES string of the molecule is Cc1nc(C(C)(C)C)nc(C)c1CCCNC1CC1. The van der Waals surface area contributed by atoms with Crippen molar-refractivity contribution in [1.29, 1.82) is 0 Å². The molecule has 1 N–H and O–H groups in total. The molecule has 1 aromatic rings. The van der Waals surface area contributed by atoms with E-state index in [1.807, 2.05) is 0 Å². The molecule has 0 radical (unpaired) electrons. The third kappa shape index (κ3) is 4.00. The van der Waals surface area contributed by atoms with Gasteiger partial charge >= 0.3 is 0 Å². The van der Waals surface area contributed by atoms with Crippen molar-refractivity contribution >= 4 is 0 Å². The highest BCUT2D eigenvalue weighted by Crippen LogP contribution is 2.22. The fraction of sp³-hybridized carbons (Fsp3) is 0.750. The molecule has 0 spiro atoms. The van der Waals surface area contributed by atoms with Crippen LogP contribution in [-0.2, 0) is 11.8 Å². The van der Waals surface area contributed by atoms with Crippen LogP contribution in [0.2, 0.25) is 0 Å². The number of aromatic nitrogens is 2. The summed E-state index contributed by atoms with van der Waals surface area (Å²) in [6.45, 7) is 11.9. The van der Waals surface area contributed by atoms with Gasteiger partial charge in [-0.1, -0.05) is 20.8 Å². The molecule has 1 aliphatic carbocycles. The van der Waals surface area contributed by atoms with Crippen molar-refractivity contribution in [2.45, 2.75) is 71.8 Å². The Morgan fingerprint density at radius 2 is 1.68 bits per heavy atom. The van der Waals surface area contributed by atoms with E-state index in [1.54, 1.807) is 0 Å². The van der Waals surface area contributed by atoms with E-state index >= 15 is 0 Å². The van der Waals surface area contributed by atoms with Crippen LogP contribution in [-0.4, -0.2) is 22.6 Å². The second kappa shape index (κ2) is 5.58. The first-order valence-electron chi connectivity index (χ1n) is 7.46. The largest absolute Gasteiger partial charge is 0.314 e. The topological polar surface area (TPSA) is 37.8 Å². The van der Waals surface area contributed by atoms with Gasteiger partial charge in [0.1, 0.15) is 5.82 Å². The van der Waals surface area contributed by atoms with Crippen LogP contribution in [0.1, 0.15) is 62.8 Å².